The molecule has 0 radical (unpaired) electrons. The van der Waals surface area contributed by atoms with E-state index in [0.717, 1.165) is 24.9 Å². The molecule has 0 bridgehead atoms. The molecule has 0 saturated carbocycles. The largest absolute Gasteiger partial charge is 0.393 e. The number of aliphatic hydroxyl groups is 1. The lowest BCUT2D eigenvalue weighted by atomic mass is 9.93. The molecule has 3 unspecified atom stereocenters. The number of nitrogens with one attached hydrogen (secondary N) is 1. The molecule has 2 N–H and O–H groups in total. The number of hydrogen-bond donors (Lipinski definition) is 2. The summed E-state index contributed by atoms with van der Waals surface area (Å²) >= 11 is 0. The van der Waals surface area contributed by atoms with Crippen LogP contribution in [0.5, 0.6) is 0 Å². The van der Waals surface area contributed by atoms with E-state index in [0.29, 0.717) is 6.54 Å². The quantitative estimate of drug-likeness (QED) is 0.871. The van der Waals surface area contributed by atoms with Crippen LogP contribution in [-0.2, 0) is 9.59 Å². The van der Waals surface area contributed by atoms with E-state index in [9.17, 15) is 14.7 Å². The lowest BCUT2D eigenvalue weighted by Gasteiger charge is -2.35. The zero-order valence-corrected chi connectivity index (χ0v) is 13.9. The van der Waals surface area contributed by atoms with Crippen LogP contribution in [0.4, 0.5) is 0 Å². The van der Waals surface area contributed by atoms with Crippen LogP contribution in [0.3, 0.4) is 0 Å². The molecular formula is C18H26N2O3. The summed E-state index contributed by atoms with van der Waals surface area (Å²) in [5.74, 6) is 0.0220. The lowest BCUT2D eigenvalue weighted by Crippen LogP contribution is -2.44. The number of amides is 2. The van der Waals surface area contributed by atoms with Crippen LogP contribution >= 0.6 is 0 Å². The molecule has 1 aliphatic rings. The first-order valence-electron chi connectivity index (χ1n) is 8.25. The standard InChI is InChI=1S/C18H26N2O3/c1-13(21)16-9-6-10-20(12-16)18(23)11-17(19-14(2)22)15-7-4-3-5-8-15/h3-5,7-8,13,16-17,21H,6,9-12H2,1-2H3,(H,19,22). The topological polar surface area (TPSA) is 69.6 Å². The number of likely N-dealkylation sites (tertiary alicyclic amines) is 1. The number of nitrogens with zero attached hydrogens (tertiary/aromatic N) is 1. The van der Waals surface area contributed by atoms with E-state index in [1.54, 1.807) is 6.92 Å². The fraction of sp³-hybridized carbons (Fsp3) is 0.556. The van der Waals surface area contributed by atoms with Crippen molar-refractivity contribution in [2.75, 3.05) is 13.1 Å². The Morgan fingerprint density at radius 1 is 1.35 bits per heavy atom. The molecule has 23 heavy (non-hydrogen) atoms. The maximum atomic E-state index is 12.6. The van der Waals surface area contributed by atoms with Crippen LogP contribution in [0.2, 0.25) is 0 Å². The Morgan fingerprint density at radius 3 is 2.65 bits per heavy atom. The summed E-state index contributed by atoms with van der Waals surface area (Å²) in [6.07, 6.45) is 1.72. The number of piperidine rings is 1. The summed E-state index contributed by atoms with van der Waals surface area (Å²) < 4.78 is 0. The van der Waals surface area contributed by atoms with Crippen molar-refractivity contribution in [3.8, 4) is 0 Å². The Labute approximate surface area is 137 Å². The lowest BCUT2D eigenvalue weighted by molar-refractivity contribution is -0.134. The Morgan fingerprint density at radius 2 is 2.04 bits per heavy atom. The van der Waals surface area contributed by atoms with Gasteiger partial charge in [-0.05, 0) is 25.3 Å². The van der Waals surface area contributed by atoms with Gasteiger partial charge in [0.25, 0.3) is 0 Å². The summed E-state index contributed by atoms with van der Waals surface area (Å²) in [5, 5.41) is 12.6. The van der Waals surface area contributed by atoms with Gasteiger partial charge in [-0.3, -0.25) is 9.59 Å². The summed E-state index contributed by atoms with van der Waals surface area (Å²) in [7, 11) is 0. The summed E-state index contributed by atoms with van der Waals surface area (Å²) in [4.78, 5) is 25.9. The molecule has 5 nitrogen and oxygen atoms in total. The molecular weight excluding hydrogens is 292 g/mol. The van der Waals surface area contributed by atoms with Gasteiger partial charge in [-0.15, -0.1) is 0 Å². The predicted molar refractivity (Wildman–Crippen MR) is 88.6 cm³/mol. The number of hydrogen-bond acceptors (Lipinski definition) is 3. The van der Waals surface area contributed by atoms with E-state index in [4.69, 9.17) is 0 Å². The Bertz CT molecular complexity index is 530. The van der Waals surface area contributed by atoms with Gasteiger partial charge >= 0.3 is 0 Å². The molecule has 0 aromatic heterocycles. The maximum absolute atomic E-state index is 12.6. The van der Waals surface area contributed by atoms with E-state index >= 15 is 0 Å². The predicted octanol–water partition coefficient (Wildman–Crippen LogP) is 1.87. The van der Waals surface area contributed by atoms with Crippen LogP contribution in [0, 0.1) is 5.92 Å². The van der Waals surface area contributed by atoms with Gasteiger partial charge < -0.3 is 15.3 Å². The maximum Gasteiger partial charge on any atom is 0.224 e. The van der Waals surface area contributed by atoms with Gasteiger partial charge in [0.2, 0.25) is 11.8 Å². The van der Waals surface area contributed by atoms with Gasteiger partial charge in [-0.2, -0.15) is 0 Å². The number of rotatable bonds is 5. The van der Waals surface area contributed by atoms with E-state index in [1.165, 1.54) is 6.92 Å². The summed E-state index contributed by atoms with van der Waals surface area (Å²) in [6, 6.07) is 9.24. The highest BCUT2D eigenvalue weighted by molar-refractivity contribution is 5.79. The summed E-state index contributed by atoms with van der Waals surface area (Å²) in [5.41, 5.74) is 0.931. The van der Waals surface area contributed by atoms with Gasteiger partial charge in [0.1, 0.15) is 0 Å². The molecule has 3 atom stereocenters. The van der Waals surface area contributed by atoms with Crippen LogP contribution < -0.4 is 5.32 Å². The molecule has 1 aliphatic heterocycles. The average Bonchev–Trinajstić information content (AvgIpc) is 2.54. The second-order valence-electron chi connectivity index (χ2n) is 6.35. The van der Waals surface area contributed by atoms with Crippen molar-refractivity contribution in [2.24, 2.45) is 5.92 Å². The van der Waals surface area contributed by atoms with Gasteiger partial charge in [0.05, 0.1) is 18.6 Å². The first kappa shape index (κ1) is 17.5. The second-order valence-corrected chi connectivity index (χ2v) is 6.35. The third-order valence-corrected chi connectivity index (χ3v) is 4.45. The molecule has 1 heterocycles. The first-order valence-corrected chi connectivity index (χ1v) is 8.25. The molecule has 126 valence electrons. The highest BCUT2D eigenvalue weighted by atomic mass is 16.3. The normalized spacial score (nSPS) is 20.7. The SMILES string of the molecule is CC(=O)NC(CC(=O)N1CCCC(C(C)O)C1)c1ccccc1. The average molecular weight is 318 g/mol. The Balaban J connectivity index is 2.04. The minimum absolute atomic E-state index is 0.0259. The third kappa shape index (κ3) is 5.06. The monoisotopic (exact) mass is 318 g/mol. The van der Waals surface area contributed by atoms with Crippen molar-refractivity contribution in [3.63, 3.8) is 0 Å². The highest BCUT2D eigenvalue weighted by Gasteiger charge is 2.28. The Hall–Kier alpha value is -1.88. The van der Waals surface area contributed by atoms with Crippen LogP contribution in [0.25, 0.3) is 0 Å². The second kappa shape index (κ2) is 8.11. The van der Waals surface area contributed by atoms with Crippen LogP contribution in [-0.4, -0.2) is 41.0 Å². The minimum atomic E-state index is -0.397. The van der Waals surface area contributed by atoms with Crippen LogP contribution in [0.15, 0.2) is 30.3 Å². The van der Waals surface area contributed by atoms with E-state index < -0.39 is 6.10 Å². The molecule has 2 rings (SSSR count). The number of benzene rings is 1. The van der Waals surface area contributed by atoms with Gasteiger partial charge in [-0.1, -0.05) is 30.3 Å². The van der Waals surface area contributed by atoms with Crippen molar-refractivity contribution >= 4 is 11.8 Å². The number of carbonyl (C=O) groups is 2. The Kier molecular flexibility index (Phi) is 6.16. The number of carbonyl (C=O) groups excluding carboxylic acids is 2. The molecule has 1 aromatic carbocycles. The summed E-state index contributed by atoms with van der Waals surface area (Å²) in [6.45, 7) is 4.56. The molecule has 1 fully saturated rings. The minimum Gasteiger partial charge on any atom is -0.393 e. The van der Waals surface area contributed by atoms with Gasteiger partial charge in [-0.25, -0.2) is 0 Å². The molecule has 2 amide bonds. The zero-order chi connectivity index (χ0) is 16.8. The zero-order valence-electron chi connectivity index (χ0n) is 13.9. The van der Waals surface area contributed by atoms with Crippen LogP contribution in [0.1, 0.15) is 44.7 Å². The van der Waals surface area contributed by atoms with Gasteiger partial charge in [0.15, 0.2) is 0 Å². The molecule has 0 spiro atoms. The first-order chi connectivity index (χ1) is 11.0. The molecule has 1 saturated heterocycles. The van der Waals surface area contributed by atoms with Crippen molar-refractivity contribution in [1.29, 1.82) is 0 Å². The third-order valence-electron chi connectivity index (χ3n) is 4.45. The van der Waals surface area contributed by atoms with Crippen molar-refractivity contribution in [3.05, 3.63) is 35.9 Å². The van der Waals surface area contributed by atoms with Crippen molar-refractivity contribution in [2.45, 2.75) is 45.3 Å². The fourth-order valence-corrected chi connectivity index (χ4v) is 3.12. The van der Waals surface area contributed by atoms with Crippen molar-refractivity contribution < 1.29 is 14.7 Å². The van der Waals surface area contributed by atoms with E-state index in [1.807, 2.05) is 35.2 Å². The molecule has 1 aromatic rings. The fourth-order valence-electron chi connectivity index (χ4n) is 3.12. The molecule has 5 heteroatoms. The van der Waals surface area contributed by atoms with Crippen molar-refractivity contribution in [1.82, 2.24) is 10.2 Å². The van der Waals surface area contributed by atoms with Gasteiger partial charge in [0, 0.05) is 25.9 Å². The number of aliphatic hydroxyl groups excluding tert-OH is 1. The van der Waals surface area contributed by atoms with E-state index in [2.05, 4.69) is 5.32 Å². The van der Waals surface area contributed by atoms with E-state index in [-0.39, 0.29) is 30.2 Å². The molecule has 0 aliphatic carbocycles. The smallest absolute Gasteiger partial charge is 0.224 e. The highest BCUT2D eigenvalue weighted by Crippen LogP contribution is 2.23.